The van der Waals surface area contributed by atoms with Crippen molar-refractivity contribution in [3.8, 4) is 0 Å². The van der Waals surface area contributed by atoms with Crippen molar-refractivity contribution < 1.29 is 20.4 Å². The van der Waals surface area contributed by atoms with Gasteiger partial charge in [-0.3, -0.25) is 0 Å². The molecule has 1 aromatic carbocycles. The van der Waals surface area contributed by atoms with Crippen LogP contribution in [0.15, 0.2) is 36.4 Å². The van der Waals surface area contributed by atoms with E-state index in [1.807, 2.05) is 0 Å². The van der Waals surface area contributed by atoms with Crippen molar-refractivity contribution in [2.24, 2.45) is 0 Å². The van der Waals surface area contributed by atoms with Gasteiger partial charge in [0, 0.05) is 20.4 Å². The Balaban J connectivity index is 0.00000192. The van der Waals surface area contributed by atoms with Gasteiger partial charge in [0.15, 0.2) is 0 Å². The van der Waals surface area contributed by atoms with Crippen molar-refractivity contribution in [1.82, 2.24) is 0 Å². The maximum atomic E-state index is 2.50. The molecule has 130 valence electrons. The van der Waals surface area contributed by atoms with Crippen molar-refractivity contribution in [2.75, 3.05) is 6.16 Å². The fraction of sp³-hybridized carbons (Fsp3) is 0.619. The van der Waals surface area contributed by atoms with Crippen LogP contribution in [0.3, 0.4) is 0 Å². The predicted octanol–water partition coefficient (Wildman–Crippen LogP) is 6.84. The van der Waals surface area contributed by atoms with E-state index in [4.69, 9.17) is 0 Å². The number of hydrogen-bond donors (Lipinski definition) is 0. The fourth-order valence-corrected chi connectivity index (χ4v) is 7.89. The molecule has 2 aliphatic rings. The Morgan fingerprint density at radius 3 is 1.83 bits per heavy atom. The topological polar surface area (TPSA) is 0 Å². The maximum absolute atomic E-state index is 2.50. The van der Waals surface area contributed by atoms with E-state index >= 15 is 0 Å². The maximum Gasteiger partial charge on any atom is 0 e. The summed E-state index contributed by atoms with van der Waals surface area (Å²) in [6.45, 7) is 0. The van der Waals surface area contributed by atoms with Crippen LogP contribution in [0.5, 0.6) is 0 Å². The number of rotatable bonds is 5. The molecule has 0 atom stereocenters. The SMILES string of the molecule is C(=C\c1ccccc1)/CP(C1CCCCC1)C1CCCCC1.[Pd]. The molecule has 0 N–H and O–H groups in total. The summed E-state index contributed by atoms with van der Waals surface area (Å²) in [5, 5.41) is 0. The molecule has 2 heteroatoms. The standard InChI is InChI=1S/C21H31P.Pd/c1-4-11-19(12-5-1)13-10-18-22(20-14-6-2-7-15-20)21-16-8-3-9-17-21;/h1,4-5,10-13,20-21H,2-3,6-9,14-18H2;/b13-10+;. The second-order valence-electron chi connectivity index (χ2n) is 7.09. The first-order valence-corrected chi connectivity index (χ1v) is 11.1. The Labute approximate surface area is 157 Å². The third-order valence-corrected chi connectivity index (χ3v) is 9.05. The molecule has 0 amide bonds. The molecule has 2 fully saturated rings. The summed E-state index contributed by atoms with van der Waals surface area (Å²) in [5.74, 6) is 0. The molecule has 0 bridgehead atoms. The molecule has 0 nitrogen and oxygen atoms in total. The van der Waals surface area contributed by atoms with Gasteiger partial charge in [0.1, 0.15) is 0 Å². The molecular weight excluding hydrogens is 390 g/mol. The number of allylic oxidation sites excluding steroid dienone is 1. The minimum Gasteiger partial charge on any atom is -0.0965 e. The third kappa shape index (κ3) is 6.12. The molecule has 1 aromatic rings. The van der Waals surface area contributed by atoms with Gasteiger partial charge in [0.25, 0.3) is 0 Å². The van der Waals surface area contributed by atoms with E-state index in [9.17, 15) is 0 Å². The summed E-state index contributed by atoms with van der Waals surface area (Å²) in [7, 11) is 0.220. The van der Waals surface area contributed by atoms with Crippen LogP contribution in [0.2, 0.25) is 0 Å². The second-order valence-corrected chi connectivity index (χ2v) is 9.95. The quantitative estimate of drug-likeness (QED) is 0.361. The van der Waals surface area contributed by atoms with Gasteiger partial charge in [0.2, 0.25) is 0 Å². The Morgan fingerprint density at radius 2 is 1.30 bits per heavy atom. The van der Waals surface area contributed by atoms with Crippen molar-refractivity contribution in [3.63, 3.8) is 0 Å². The van der Waals surface area contributed by atoms with Gasteiger partial charge in [-0.05, 0) is 48.7 Å². The molecule has 0 spiro atoms. The molecule has 0 saturated heterocycles. The number of benzene rings is 1. The average Bonchev–Trinajstić information content (AvgIpc) is 2.61. The summed E-state index contributed by atoms with van der Waals surface area (Å²) in [6, 6.07) is 10.8. The zero-order valence-corrected chi connectivity index (χ0v) is 16.7. The van der Waals surface area contributed by atoms with Gasteiger partial charge in [-0.15, -0.1) is 0 Å². The first-order valence-electron chi connectivity index (χ1n) is 9.41. The molecule has 2 saturated carbocycles. The van der Waals surface area contributed by atoms with Gasteiger partial charge in [-0.1, -0.05) is 88.9 Å². The van der Waals surface area contributed by atoms with Gasteiger partial charge in [0.05, 0.1) is 0 Å². The van der Waals surface area contributed by atoms with Crippen LogP contribution in [0, 0.1) is 0 Å². The first kappa shape index (κ1) is 19.4. The van der Waals surface area contributed by atoms with Gasteiger partial charge in [-0.25, -0.2) is 0 Å². The molecule has 0 radical (unpaired) electrons. The average molecular weight is 421 g/mol. The van der Waals surface area contributed by atoms with Crippen LogP contribution in [-0.2, 0) is 20.4 Å². The molecule has 2 aliphatic carbocycles. The summed E-state index contributed by atoms with van der Waals surface area (Å²) in [6.07, 6.45) is 21.3. The van der Waals surface area contributed by atoms with Crippen molar-refractivity contribution in [3.05, 3.63) is 42.0 Å². The van der Waals surface area contributed by atoms with E-state index in [1.165, 1.54) is 75.9 Å². The van der Waals surface area contributed by atoms with E-state index in [-0.39, 0.29) is 28.3 Å². The van der Waals surface area contributed by atoms with Crippen LogP contribution in [0.25, 0.3) is 6.08 Å². The fourth-order valence-electron chi connectivity index (χ4n) is 4.30. The monoisotopic (exact) mass is 420 g/mol. The Hall–Kier alpha value is 0.0523. The summed E-state index contributed by atoms with van der Waals surface area (Å²) < 4.78 is 0. The molecule has 0 heterocycles. The zero-order valence-electron chi connectivity index (χ0n) is 14.2. The first-order chi connectivity index (χ1) is 10.9. The largest absolute Gasteiger partial charge is 0.0965 e. The van der Waals surface area contributed by atoms with Crippen LogP contribution < -0.4 is 0 Å². The summed E-state index contributed by atoms with van der Waals surface area (Å²) in [4.78, 5) is 0. The van der Waals surface area contributed by atoms with E-state index in [1.54, 1.807) is 0 Å². The van der Waals surface area contributed by atoms with Crippen LogP contribution in [0.4, 0.5) is 0 Å². The molecular formula is C21H31PPd. The summed E-state index contributed by atoms with van der Waals surface area (Å²) >= 11 is 0. The molecule has 3 rings (SSSR count). The smallest absolute Gasteiger partial charge is 0 e. The van der Waals surface area contributed by atoms with Crippen molar-refractivity contribution >= 4 is 14.0 Å². The van der Waals surface area contributed by atoms with Crippen molar-refractivity contribution in [1.29, 1.82) is 0 Å². The van der Waals surface area contributed by atoms with Gasteiger partial charge in [-0.2, -0.15) is 0 Å². The normalized spacial score (nSPS) is 20.7. The summed E-state index contributed by atoms with van der Waals surface area (Å²) in [5.41, 5.74) is 3.52. The number of hydrogen-bond acceptors (Lipinski definition) is 0. The Morgan fingerprint density at radius 1 is 0.783 bits per heavy atom. The molecule has 0 unspecified atom stereocenters. The Kier molecular flexibility index (Phi) is 9.12. The van der Waals surface area contributed by atoms with E-state index in [0.717, 1.165) is 11.3 Å². The minimum absolute atomic E-state index is 0. The van der Waals surface area contributed by atoms with E-state index in [0.29, 0.717) is 0 Å². The van der Waals surface area contributed by atoms with Gasteiger partial charge >= 0.3 is 0 Å². The molecule has 0 aliphatic heterocycles. The predicted molar refractivity (Wildman–Crippen MR) is 101 cm³/mol. The van der Waals surface area contributed by atoms with Crippen LogP contribution >= 0.6 is 7.92 Å². The van der Waals surface area contributed by atoms with Crippen LogP contribution in [0.1, 0.15) is 69.8 Å². The molecule has 0 aromatic heterocycles. The zero-order chi connectivity index (χ0) is 15.0. The minimum atomic E-state index is 0. The van der Waals surface area contributed by atoms with E-state index < -0.39 is 0 Å². The van der Waals surface area contributed by atoms with Crippen LogP contribution in [-0.4, -0.2) is 17.5 Å². The van der Waals surface area contributed by atoms with E-state index in [2.05, 4.69) is 42.5 Å². The van der Waals surface area contributed by atoms with Gasteiger partial charge < -0.3 is 0 Å². The third-order valence-electron chi connectivity index (χ3n) is 5.51. The second kappa shape index (κ2) is 10.8. The van der Waals surface area contributed by atoms with Crippen molar-refractivity contribution in [2.45, 2.75) is 75.5 Å². The Bertz CT molecular complexity index is 426. The molecule has 23 heavy (non-hydrogen) atoms.